The topological polar surface area (TPSA) is 57.3 Å². The van der Waals surface area contributed by atoms with Crippen molar-refractivity contribution in [1.29, 1.82) is 0 Å². The zero-order chi connectivity index (χ0) is 22.5. The Kier molecular flexibility index (Phi) is 6.78. The Morgan fingerprint density at radius 1 is 1.00 bits per heavy atom. The summed E-state index contributed by atoms with van der Waals surface area (Å²) in [4.78, 5) is 19.4. The summed E-state index contributed by atoms with van der Waals surface area (Å²) in [5.41, 5.74) is 3.55. The van der Waals surface area contributed by atoms with Crippen molar-refractivity contribution in [2.75, 3.05) is 23.3 Å². The Morgan fingerprint density at radius 2 is 1.72 bits per heavy atom. The molecule has 2 N–H and O–H groups in total. The first-order valence-electron chi connectivity index (χ1n) is 10.5. The highest BCUT2D eigenvalue weighted by molar-refractivity contribution is 7.80. The number of carbonyl (C=O) groups excluding carboxylic acids is 1. The summed E-state index contributed by atoms with van der Waals surface area (Å²) in [5.74, 6) is -0.250. The number of fused-ring (bicyclic) bond motifs is 1. The third-order valence-corrected chi connectivity index (χ3v) is 6.22. The van der Waals surface area contributed by atoms with Crippen LogP contribution in [0, 0.1) is 0 Å². The third-order valence-electron chi connectivity index (χ3n) is 5.26. The smallest absolute Gasteiger partial charge is 0.257 e. The molecule has 0 aliphatic heterocycles. The molecule has 0 saturated carbocycles. The molecule has 0 bridgehead atoms. The molecular weight excluding hydrogens is 436 g/mol. The first-order valence-corrected chi connectivity index (χ1v) is 11.8. The minimum Gasteiger partial charge on any atom is -0.372 e. The summed E-state index contributed by atoms with van der Waals surface area (Å²) in [6.07, 6.45) is 0. The summed E-state index contributed by atoms with van der Waals surface area (Å²) < 4.78 is 0. The molecule has 1 aromatic heterocycles. The van der Waals surface area contributed by atoms with Gasteiger partial charge < -0.3 is 10.2 Å². The fraction of sp³-hybridized carbons (Fsp3) is 0.160. The van der Waals surface area contributed by atoms with Crippen LogP contribution in [-0.2, 0) is 0 Å². The highest BCUT2D eigenvalue weighted by Gasteiger charge is 2.11. The van der Waals surface area contributed by atoms with Gasteiger partial charge in [-0.15, -0.1) is 11.3 Å². The van der Waals surface area contributed by atoms with Gasteiger partial charge in [-0.25, -0.2) is 4.98 Å². The molecule has 1 amide bonds. The molecule has 0 saturated heterocycles. The number of aromatic nitrogens is 1. The van der Waals surface area contributed by atoms with Crippen LogP contribution in [0.1, 0.15) is 24.2 Å². The number of amides is 1. The van der Waals surface area contributed by atoms with E-state index in [4.69, 9.17) is 12.2 Å². The lowest BCUT2D eigenvalue weighted by Gasteiger charge is -2.21. The predicted molar refractivity (Wildman–Crippen MR) is 139 cm³/mol. The van der Waals surface area contributed by atoms with E-state index in [2.05, 4.69) is 64.7 Å². The number of anilines is 2. The molecule has 1 heterocycles. The monoisotopic (exact) mass is 460 g/mol. The van der Waals surface area contributed by atoms with Crippen molar-refractivity contribution < 1.29 is 4.79 Å². The second-order valence-corrected chi connectivity index (χ2v) is 8.49. The van der Waals surface area contributed by atoms with Gasteiger partial charge >= 0.3 is 0 Å². The number of hydrogen-bond donors (Lipinski definition) is 2. The van der Waals surface area contributed by atoms with E-state index in [1.807, 2.05) is 41.8 Å². The molecule has 3 aromatic carbocycles. The number of rotatable bonds is 6. The molecule has 0 unspecified atom stereocenters. The maximum atomic E-state index is 12.5. The molecule has 5 nitrogen and oxygen atoms in total. The molecule has 0 aliphatic carbocycles. The van der Waals surface area contributed by atoms with Crippen molar-refractivity contribution >= 4 is 56.2 Å². The largest absolute Gasteiger partial charge is 0.372 e. The van der Waals surface area contributed by atoms with Gasteiger partial charge in [0.15, 0.2) is 10.2 Å². The van der Waals surface area contributed by atoms with Crippen LogP contribution in [0.3, 0.4) is 0 Å². The first-order chi connectivity index (χ1) is 15.6. The average Bonchev–Trinajstić information content (AvgIpc) is 3.28. The summed E-state index contributed by atoms with van der Waals surface area (Å²) in [5, 5.41) is 10.9. The maximum absolute atomic E-state index is 12.5. The molecule has 4 aromatic rings. The maximum Gasteiger partial charge on any atom is 0.257 e. The molecular formula is C25H24N4OS2. The number of benzene rings is 3. The summed E-state index contributed by atoms with van der Waals surface area (Å²) in [6, 6.07) is 22.0. The van der Waals surface area contributed by atoms with Gasteiger partial charge in [-0.3, -0.25) is 10.1 Å². The van der Waals surface area contributed by atoms with Crippen LogP contribution in [0.15, 0.2) is 72.1 Å². The zero-order valence-corrected chi connectivity index (χ0v) is 19.6. The Balaban J connectivity index is 1.39. The Labute approximate surface area is 197 Å². The van der Waals surface area contributed by atoms with Gasteiger partial charge in [-0.1, -0.05) is 36.4 Å². The van der Waals surface area contributed by atoms with E-state index in [0.717, 1.165) is 30.0 Å². The number of nitrogens with one attached hydrogen (secondary N) is 2. The van der Waals surface area contributed by atoms with Crippen molar-refractivity contribution in [3.63, 3.8) is 0 Å². The molecule has 0 spiro atoms. The number of nitrogens with zero attached hydrogens (tertiary/aromatic N) is 2. The normalized spacial score (nSPS) is 10.7. The lowest BCUT2D eigenvalue weighted by atomic mass is 10.1. The zero-order valence-electron chi connectivity index (χ0n) is 18.0. The molecule has 4 rings (SSSR count). The number of thiazole rings is 1. The minimum atomic E-state index is -0.250. The van der Waals surface area contributed by atoms with Crippen molar-refractivity contribution in [3.8, 4) is 11.3 Å². The first kappa shape index (κ1) is 21.9. The van der Waals surface area contributed by atoms with Crippen LogP contribution < -0.4 is 15.5 Å². The van der Waals surface area contributed by atoms with E-state index in [0.29, 0.717) is 10.7 Å². The third kappa shape index (κ3) is 4.95. The molecule has 0 atom stereocenters. The van der Waals surface area contributed by atoms with E-state index in [9.17, 15) is 4.79 Å². The SMILES string of the molecule is CCN(CC)c1ccc(C(=O)NC(=S)Nc2nc(-c3ccc4ccccc4c3)cs2)cc1. The van der Waals surface area contributed by atoms with Gasteiger partial charge in [0.2, 0.25) is 0 Å². The molecule has 162 valence electrons. The number of carbonyl (C=O) groups is 1. The predicted octanol–water partition coefficient (Wildman–Crippen LogP) is 5.94. The van der Waals surface area contributed by atoms with E-state index >= 15 is 0 Å². The van der Waals surface area contributed by atoms with Gasteiger partial charge in [0, 0.05) is 35.3 Å². The molecule has 7 heteroatoms. The lowest BCUT2D eigenvalue weighted by Crippen LogP contribution is -2.34. The second-order valence-electron chi connectivity index (χ2n) is 7.23. The Bertz CT molecular complexity index is 1250. The van der Waals surface area contributed by atoms with Crippen molar-refractivity contribution in [3.05, 3.63) is 77.7 Å². The van der Waals surface area contributed by atoms with Crippen LogP contribution in [-0.4, -0.2) is 29.1 Å². The van der Waals surface area contributed by atoms with E-state index in [1.54, 1.807) is 0 Å². The Hall–Kier alpha value is -3.29. The van der Waals surface area contributed by atoms with Gasteiger partial charge in [-0.05, 0) is 67.2 Å². The highest BCUT2D eigenvalue weighted by Crippen LogP contribution is 2.27. The molecule has 32 heavy (non-hydrogen) atoms. The minimum absolute atomic E-state index is 0.224. The van der Waals surface area contributed by atoms with Crippen LogP contribution in [0.4, 0.5) is 10.8 Å². The van der Waals surface area contributed by atoms with Crippen LogP contribution in [0.2, 0.25) is 0 Å². The molecule has 0 radical (unpaired) electrons. The van der Waals surface area contributed by atoms with Crippen LogP contribution in [0.5, 0.6) is 0 Å². The molecule has 0 fully saturated rings. The van der Waals surface area contributed by atoms with Crippen molar-refractivity contribution in [2.24, 2.45) is 0 Å². The summed E-state index contributed by atoms with van der Waals surface area (Å²) in [6.45, 7) is 6.06. The van der Waals surface area contributed by atoms with Crippen LogP contribution in [0.25, 0.3) is 22.0 Å². The summed E-state index contributed by atoms with van der Waals surface area (Å²) >= 11 is 6.77. The number of hydrogen-bond acceptors (Lipinski definition) is 5. The Morgan fingerprint density at radius 3 is 2.44 bits per heavy atom. The van der Waals surface area contributed by atoms with E-state index in [-0.39, 0.29) is 11.0 Å². The van der Waals surface area contributed by atoms with Gasteiger partial charge in [0.05, 0.1) is 5.69 Å². The van der Waals surface area contributed by atoms with E-state index < -0.39 is 0 Å². The highest BCUT2D eigenvalue weighted by atomic mass is 32.1. The molecule has 0 aliphatic rings. The second kappa shape index (κ2) is 9.89. The number of thiocarbonyl (C=S) groups is 1. The quantitative estimate of drug-likeness (QED) is 0.349. The fourth-order valence-electron chi connectivity index (χ4n) is 3.53. The average molecular weight is 461 g/mol. The standard InChI is InChI=1S/C25H24N4OS2/c1-3-29(4-2)21-13-11-18(12-14-21)23(30)27-24(31)28-25-26-22(16-32-25)20-10-9-17-7-5-6-8-19(17)15-20/h5-16H,3-4H2,1-2H3,(H2,26,27,28,30,31). The van der Waals surface area contributed by atoms with Gasteiger partial charge in [0.1, 0.15) is 0 Å². The lowest BCUT2D eigenvalue weighted by molar-refractivity contribution is 0.0978. The van der Waals surface area contributed by atoms with Gasteiger partial charge in [-0.2, -0.15) is 0 Å². The van der Waals surface area contributed by atoms with Crippen molar-refractivity contribution in [2.45, 2.75) is 13.8 Å². The van der Waals surface area contributed by atoms with E-state index in [1.165, 1.54) is 22.1 Å². The van der Waals surface area contributed by atoms with Crippen LogP contribution >= 0.6 is 23.6 Å². The fourth-order valence-corrected chi connectivity index (χ4v) is 4.51. The van der Waals surface area contributed by atoms with Crippen molar-refractivity contribution in [1.82, 2.24) is 10.3 Å². The van der Waals surface area contributed by atoms with Gasteiger partial charge in [0.25, 0.3) is 5.91 Å². The summed E-state index contributed by atoms with van der Waals surface area (Å²) in [7, 11) is 0.